The standard InChI is InChI=1S/C11H9N3O2/c12-5-8-16-10-3-1-9(2-4-10)14-7-6-13-11(14)15/h1-4,6-7H,8H2,(H,13,15). The zero-order valence-electron chi connectivity index (χ0n) is 8.38. The van der Waals surface area contributed by atoms with Crippen LogP contribution in [-0.2, 0) is 0 Å². The number of aromatic nitrogens is 2. The van der Waals surface area contributed by atoms with Gasteiger partial charge in [0.15, 0.2) is 6.61 Å². The first-order chi connectivity index (χ1) is 7.81. The van der Waals surface area contributed by atoms with Crippen molar-refractivity contribution in [2.75, 3.05) is 6.61 Å². The maximum atomic E-state index is 11.3. The zero-order valence-corrected chi connectivity index (χ0v) is 8.38. The van der Waals surface area contributed by atoms with Crippen LogP contribution < -0.4 is 10.4 Å². The molecule has 2 rings (SSSR count). The molecule has 0 radical (unpaired) electrons. The van der Waals surface area contributed by atoms with E-state index in [1.807, 2.05) is 6.07 Å². The summed E-state index contributed by atoms with van der Waals surface area (Å²) in [5.74, 6) is 0.605. The first-order valence-electron chi connectivity index (χ1n) is 4.67. The Labute approximate surface area is 91.5 Å². The van der Waals surface area contributed by atoms with Crippen LogP contribution in [0.4, 0.5) is 0 Å². The van der Waals surface area contributed by atoms with Crippen LogP contribution in [0.1, 0.15) is 0 Å². The molecule has 0 unspecified atom stereocenters. The van der Waals surface area contributed by atoms with Crippen molar-refractivity contribution in [2.45, 2.75) is 0 Å². The van der Waals surface area contributed by atoms with Crippen LogP contribution in [-0.4, -0.2) is 16.2 Å². The van der Waals surface area contributed by atoms with E-state index in [9.17, 15) is 4.79 Å². The molecule has 0 aliphatic heterocycles. The number of rotatable bonds is 3. The average molecular weight is 215 g/mol. The fourth-order valence-electron chi connectivity index (χ4n) is 1.34. The predicted molar refractivity (Wildman–Crippen MR) is 57.5 cm³/mol. The molecule has 1 N–H and O–H groups in total. The van der Waals surface area contributed by atoms with Gasteiger partial charge in [-0.3, -0.25) is 4.57 Å². The van der Waals surface area contributed by atoms with Crippen molar-refractivity contribution in [1.29, 1.82) is 5.26 Å². The third-order valence-electron chi connectivity index (χ3n) is 2.07. The molecule has 0 saturated heterocycles. The van der Waals surface area contributed by atoms with E-state index in [0.29, 0.717) is 5.75 Å². The van der Waals surface area contributed by atoms with Crippen LogP contribution in [0.25, 0.3) is 5.69 Å². The van der Waals surface area contributed by atoms with Crippen molar-refractivity contribution in [1.82, 2.24) is 9.55 Å². The third kappa shape index (κ3) is 1.96. The molecule has 0 spiro atoms. The van der Waals surface area contributed by atoms with Crippen LogP contribution in [0, 0.1) is 11.3 Å². The number of hydrogen-bond donors (Lipinski definition) is 1. The van der Waals surface area contributed by atoms with Gasteiger partial charge in [-0.1, -0.05) is 0 Å². The van der Waals surface area contributed by atoms with E-state index in [-0.39, 0.29) is 12.3 Å². The first-order valence-corrected chi connectivity index (χ1v) is 4.67. The number of imidazole rings is 1. The van der Waals surface area contributed by atoms with E-state index in [1.54, 1.807) is 36.7 Å². The second-order valence-electron chi connectivity index (χ2n) is 3.08. The van der Waals surface area contributed by atoms with E-state index in [1.165, 1.54) is 4.57 Å². The molecule has 16 heavy (non-hydrogen) atoms. The SMILES string of the molecule is N#CCOc1ccc(-n2cc[nH]c2=O)cc1. The number of hydrogen-bond acceptors (Lipinski definition) is 3. The van der Waals surface area contributed by atoms with Crippen LogP contribution in [0.2, 0.25) is 0 Å². The Morgan fingerprint density at radius 1 is 1.38 bits per heavy atom. The second kappa shape index (κ2) is 4.36. The summed E-state index contributed by atoms with van der Waals surface area (Å²) in [6, 6.07) is 8.82. The summed E-state index contributed by atoms with van der Waals surface area (Å²) in [6.45, 7) is 0.0173. The smallest absolute Gasteiger partial charge is 0.330 e. The molecule has 2 aromatic rings. The van der Waals surface area contributed by atoms with Crippen molar-refractivity contribution < 1.29 is 4.74 Å². The maximum Gasteiger partial charge on any atom is 0.330 e. The number of benzene rings is 1. The second-order valence-corrected chi connectivity index (χ2v) is 3.08. The molecule has 5 heteroatoms. The molecule has 1 aromatic heterocycles. The highest BCUT2D eigenvalue weighted by Gasteiger charge is 1.99. The topological polar surface area (TPSA) is 70.8 Å². The van der Waals surface area contributed by atoms with Gasteiger partial charge in [0.25, 0.3) is 0 Å². The van der Waals surface area contributed by atoms with Gasteiger partial charge in [0.05, 0.1) is 5.69 Å². The quantitative estimate of drug-likeness (QED) is 0.832. The van der Waals surface area contributed by atoms with Crippen molar-refractivity contribution >= 4 is 0 Å². The fraction of sp³-hybridized carbons (Fsp3) is 0.0909. The number of H-pyrrole nitrogens is 1. The molecular weight excluding hydrogens is 206 g/mol. The molecule has 5 nitrogen and oxygen atoms in total. The van der Waals surface area contributed by atoms with E-state index < -0.39 is 0 Å². The van der Waals surface area contributed by atoms with Crippen LogP contribution in [0.3, 0.4) is 0 Å². The number of aromatic amines is 1. The largest absolute Gasteiger partial charge is 0.479 e. The van der Waals surface area contributed by atoms with Gasteiger partial charge in [0, 0.05) is 12.4 Å². The fourth-order valence-corrected chi connectivity index (χ4v) is 1.34. The molecule has 0 bridgehead atoms. The highest BCUT2D eigenvalue weighted by molar-refractivity contribution is 5.37. The summed E-state index contributed by atoms with van der Waals surface area (Å²) in [5.41, 5.74) is 0.557. The summed E-state index contributed by atoms with van der Waals surface area (Å²) >= 11 is 0. The molecule has 0 amide bonds. The van der Waals surface area contributed by atoms with Gasteiger partial charge < -0.3 is 9.72 Å². The van der Waals surface area contributed by atoms with E-state index in [2.05, 4.69) is 4.98 Å². The minimum absolute atomic E-state index is 0.0173. The highest BCUT2D eigenvalue weighted by atomic mass is 16.5. The summed E-state index contributed by atoms with van der Waals surface area (Å²) in [4.78, 5) is 13.9. The summed E-state index contributed by atoms with van der Waals surface area (Å²) in [6.07, 6.45) is 3.22. The monoisotopic (exact) mass is 215 g/mol. The van der Waals surface area contributed by atoms with Gasteiger partial charge in [0.2, 0.25) is 0 Å². The lowest BCUT2D eigenvalue weighted by atomic mass is 10.3. The molecule has 1 aromatic carbocycles. The number of nitrogens with one attached hydrogen (secondary N) is 1. The predicted octanol–water partition coefficient (Wildman–Crippen LogP) is 1.07. The average Bonchev–Trinajstić information content (AvgIpc) is 2.74. The van der Waals surface area contributed by atoms with E-state index in [0.717, 1.165) is 5.69 Å². The van der Waals surface area contributed by atoms with Gasteiger partial charge in [-0.05, 0) is 24.3 Å². The molecule has 0 atom stereocenters. The Kier molecular flexibility index (Phi) is 2.74. The Balaban J connectivity index is 2.24. The Bertz CT molecular complexity index is 560. The lowest BCUT2D eigenvalue weighted by Gasteiger charge is -2.03. The molecule has 0 aliphatic rings. The molecule has 0 saturated carbocycles. The highest BCUT2D eigenvalue weighted by Crippen LogP contribution is 2.13. The Hall–Kier alpha value is -2.48. The van der Waals surface area contributed by atoms with Crippen LogP contribution in [0.15, 0.2) is 41.5 Å². The molecule has 80 valence electrons. The number of nitrogens with zero attached hydrogens (tertiary/aromatic N) is 2. The molecule has 1 heterocycles. The summed E-state index contributed by atoms with van der Waals surface area (Å²) in [7, 11) is 0. The summed E-state index contributed by atoms with van der Waals surface area (Å²) in [5, 5.41) is 8.34. The van der Waals surface area contributed by atoms with Gasteiger partial charge >= 0.3 is 5.69 Å². The third-order valence-corrected chi connectivity index (χ3v) is 2.07. The first kappa shape index (κ1) is 10.1. The molecular formula is C11H9N3O2. The van der Waals surface area contributed by atoms with Crippen molar-refractivity contribution in [3.05, 3.63) is 47.1 Å². The normalized spacial score (nSPS) is 9.69. The summed E-state index contributed by atoms with van der Waals surface area (Å²) < 4.78 is 6.58. The molecule has 0 fully saturated rings. The van der Waals surface area contributed by atoms with E-state index in [4.69, 9.17) is 10.00 Å². The molecule has 0 aliphatic carbocycles. The number of nitriles is 1. The van der Waals surface area contributed by atoms with Gasteiger partial charge in [-0.15, -0.1) is 0 Å². The maximum absolute atomic E-state index is 11.3. The van der Waals surface area contributed by atoms with Crippen LogP contribution >= 0.6 is 0 Å². The van der Waals surface area contributed by atoms with Crippen LogP contribution in [0.5, 0.6) is 5.75 Å². The van der Waals surface area contributed by atoms with Gasteiger partial charge in [-0.2, -0.15) is 5.26 Å². The Morgan fingerprint density at radius 2 is 2.12 bits per heavy atom. The minimum Gasteiger partial charge on any atom is -0.479 e. The zero-order chi connectivity index (χ0) is 11.4. The minimum atomic E-state index is -0.189. The number of ether oxygens (including phenoxy) is 1. The lowest BCUT2D eigenvalue weighted by Crippen LogP contribution is -2.13. The van der Waals surface area contributed by atoms with Crippen molar-refractivity contribution in [3.63, 3.8) is 0 Å². The van der Waals surface area contributed by atoms with Gasteiger partial charge in [0.1, 0.15) is 11.8 Å². The van der Waals surface area contributed by atoms with Crippen molar-refractivity contribution in [2.24, 2.45) is 0 Å². The van der Waals surface area contributed by atoms with Crippen molar-refractivity contribution in [3.8, 4) is 17.5 Å². The Morgan fingerprint density at radius 3 is 2.69 bits per heavy atom. The van der Waals surface area contributed by atoms with E-state index >= 15 is 0 Å². The van der Waals surface area contributed by atoms with Gasteiger partial charge in [-0.25, -0.2) is 4.79 Å². The lowest BCUT2D eigenvalue weighted by molar-refractivity contribution is 0.368.